The molecule has 14 aromatic rings. The standard InChI is InChI=1S/C18H20ClIN6.C15H13ClN4.C13H11BrN4.C13H12ClFN4.C13H11ClN4.C13H13FN4/c1-24-7-9-25(10-8-24)11-12-26-17(20)14-15(19)16(21-22-18(14)23-26)13-5-3-2-4-6-13;1-20-15-11(13(19-20)10-7-8-10)12(16)14(17-18-15)9-5-3-2-4-6-9;1-8-10-11(14)12(9-6-4-3-5-7-9)15-16-13(10)18(2)17-8;1-7-10-11(14)12(8-4-3-5-9(15)6-8)16-17-13(10)19(2)18-7;2*1-8-10-11(14)12(9-6-4-3-5-7-9)15-16-13(10)18(2)17-8/h2-6H,7-12H2,1H3;2-6,10H,7-8H2,1H3;3-7H,1-2H3;3-6,13,17H,1-2H3;3-7H,1-2H3;3-7,13,16H,1-2H3. The summed E-state index contributed by atoms with van der Waals surface area (Å²) in [6, 6.07) is 55.1. The molecule has 0 spiro atoms. The van der Waals surface area contributed by atoms with Crippen LogP contribution in [0.15, 0.2) is 223 Å². The van der Waals surface area contributed by atoms with E-state index in [1.54, 1.807) is 50.2 Å². The zero-order valence-electron chi connectivity index (χ0n) is 66.4. The zero-order chi connectivity index (χ0) is 83.4. The van der Waals surface area contributed by atoms with Crippen molar-refractivity contribution < 1.29 is 8.78 Å². The Labute approximate surface area is 726 Å². The van der Waals surface area contributed by atoms with Gasteiger partial charge in [-0.15, -0.1) is 45.9 Å². The average Bonchev–Trinajstić information content (AvgIpc) is 1.61. The predicted octanol–water partition coefficient (Wildman–Crippen LogP) is 16.8. The highest BCUT2D eigenvalue weighted by Crippen LogP contribution is 2.46. The van der Waals surface area contributed by atoms with Gasteiger partial charge in [0, 0.05) is 113 Å². The summed E-state index contributed by atoms with van der Waals surface area (Å²) in [4.78, 5) is 4.84. The summed E-state index contributed by atoms with van der Waals surface area (Å²) in [5, 5.41) is 78.6. The van der Waals surface area contributed by atoms with Gasteiger partial charge in [-0.25, -0.2) is 22.8 Å². The molecule has 0 bridgehead atoms. The Hall–Kier alpha value is -11.0. The maximum absolute atomic E-state index is 14.5. The van der Waals surface area contributed by atoms with Crippen LogP contribution in [0.25, 0.3) is 89.2 Å². The van der Waals surface area contributed by atoms with Crippen LogP contribution < -0.4 is 10.9 Å². The first-order chi connectivity index (χ1) is 57.5. The van der Waals surface area contributed by atoms with Crippen molar-refractivity contribution in [3.8, 4) is 45.0 Å². The fraction of sp³-hybridized carbons (Fsp3) is 0.247. The topological polar surface area (TPSA) is 261 Å². The number of nitrogens with zero attached hydrogens (tertiary/aromatic N) is 24. The lowest BCUT2D eigenvalue weighted by molar-refractivity contribution is 0.148. The highest BCUT2D eigenvalue weighted by molar-refractivity contribution is 14.1. The van der Waals surface area contributed by atoms with Gasteiger partial charge >= 0.3 is 0 Å². The summed E-state index contributed by atoms with van der Waals surface area (Å²) in [6.45, 7) is 13.9. The number of halogens is 8. The van der Waals surface area contributed by atoms with Crippen molar-refractivity contribution in [2.45, 2.75) is 65.3 Å². The van der Waals surface area contributed by atoms with Crippen LogP contribution in [-0.4, -0.2) is 189 Å². The third-order valence-corrected chi connectivity index (χ3v) is 24.0. The minimum Gasteiger partial charge on any atom is -0.304 e. The van der Waals surface area contributed by atoms with Gasteiger partial charge in [0.15, 0.2) is 35.1 Å². The van der Waals surface area contributed by atoms with E-state index in [9.17, 15) is 8.78 Å². The van der Waals surface area contributed by atoms with Crippen LogP contribution in [0, 0.1) is 23.4 Å². The average molecular weight is 1850 g/mol. The molecule has 8 aromatic heterocycles. The summed E-state index contributed by atoms with van der Waals surface area (Å²) in [7, 11) is 11.4. The first-order valence-electron chi connectivity index (χ1n) is 38.2. The molecule has 1 saturated heterocycles. The number of hydrazone groups is 4. The van der Waals surface area contributed by atoms with Crippen molar-refractivity contribution in [3.05, 3.63) is 255 Å². The quantitative estimate of drug-likeness (QED) is 0.121. The number of aromatic nitrogens is 16. The molecule has 2 atom stereocenters. The lowest BCUT2D eigenvalue weighted by Gasteiger charge is -2.32. The molecule has 2 unspecified atom stereocenters. The largest absolute Gasteiger partial charge is 0.304 e. The molecule has 6 aliphatic rings. The third kappa shape index (κ3) is 17.6. The van der Waals surface area contributed by atoms with Gasteiger partial charge in [0.05, 0.1) is 86.7 Å². The molecule has 13 heterocycles. The number of likely N-dealkylation sites (N-methyl/N-ethyl adjacent to an activating group) is 3. The van der Waals surface area contributed by atoms with Gasteiger partial charge in [-0.1, -0.05) is 210 Å². The number of fused-ring (bicyclic) bond motifs is 6. The lowest BCUT2D eigenvalue weighted by Crippen LogP contribution is -2.45. The van der Waals surface area contributed by atoms with Crippen molar-refractivity contribution in [3.63, 3.8) is 0 Å². The number of rotatable bonds is 10. The van der Waals surface area contributed by atoms with Crippen molar-refractivity contribution >= 4 is 152 Å². The third-order valence-electron chi connectivity index (χ3n) is 20.7. The van der Waals surface area contributed by atoms with Crippen LogP contribution in [0.4, 0.5) is 8.78 Å². The number of allylic oxidation sites excluding steroid dienone is 2. The highest BCUT2D eigenvalue weighted by Gasteiger charge is 2.37. The zero-order valence-corrected chi connectivity index (χ0v) is 73.2. The van der Waals surface area contributed by atoms with Gasteiger partial charge in [0.2, 0.25) is 5.65 Å². The minimum atomic E-state index is -0.314. The number of hydrogen-bond acceptors (Lipinski definition) is 22. The molecule has 1 saturated carbocycles. The van der Waals surface area contributed by atoms with Gasteiger partial charge < -0.3 is 4.90 Å². The van der Waals surface area contributed by atoms with E-state index in [1.165, 1.54) is 25.0 Å². The summed E-state index contributed by atoms with van der Waals surface area (Å²) in [5.74, 6) is -0.0784. The molecule has 34 heteroatoms. The SMILES string of the molecule is CC1=NN(C)C2NN=C(c3cccc(F)c3)C(Cl)=C12.CC1=NN(C)C2NN=C(c3ccccc3)C(F)=C12.CN1CCN(CCn2nc3nnc(-c4ccccc4)c(Cl)c3c2I)CC1.Cc1nn(C)c2nnc(-c3ccccc3)c(Br)c12.Cc1nn(C)c2nnc(-c3ccccc3)c(Cl)c12.Cn1nc(C2CC2)c2c(Cl)c(-c3ccccc3)nnc21. The summed E-state index contributed by atoms with van der Waals surface area (Å²) >= 11 is 32.1. The van der Waals surface area contributed by atoms with Crippen molar-refractivity contribution in [1.29, 1.82) is 0 Å². The molecular weight excluding hydrogens is 1770 g/mol. The Morgan fingerprint density at radius 1 is 0.445 bits per heavy atom. The van der Waals surface area contributed by atoms with Gasteiger partial charge in [-0.2, -0.15) is 35.7 Å². The summed E-state index contributed by atoms with van der Waals surface area (Å²) in [5.41, 5.74) is 23.9. The molecule has 20 rings (SSSR count). The molecular formula is C85H80BrCl4F2IN26. The van der Waals surface area contributed by atoms with Crippen molar-refractivity contribution in [2.24, 2.45) is 41.5 Å². The minimum absolute atomic E-state index is 0.148. The number of benzene rings is 6. The van der Waals surface area contributed by atoms with Crippen LogP contribution >= 0.6 is 84.9 Å². The normalized spacial score (nSPS) is 16.3. The van der Waals surface area contributed by atoms with Crippen LogP contribution in [0.1, 0.15) is 60.8 Å². The molecule has 0 radical (unpaired) electrons. The molecule has 2 N–H and O–H groups in total. The van der Waals surface area contributed by atoms with Crippen LogP contribution in [0.5, 0.6) is 0 Å². The van der Waals surface area contributed by atoms with E-state index in [2.05, 4.69) is 148 Å². The summed E-state index contributed by atoms with van der Waals surface area (Å²) < 4.78 is 37.0. The van der Waals surface area contributed by atoms with Gasteiger partial charge in [0.1, 0.15) is 43.7 Å². The number of nitrogens with one attached hydrogen (secondary N) is 2. The Morgan fingerprint density at radius 2 is 0.874 bits per heavy atom. The van der Waals surface area contributed by atoms with Gasteiger partial charge in [-0.3, -0.25) is 30.5 Å². The number of piperazine rings is 1. The predicted molar refractivity (Wildman–Crippen MR) is 479 cm³/mol. The molecule has 0 amide bonds. The highest BCUT2D eigenvalue weighted by atomic mass is 127. The molecule has 5 aliphatic heterocycles. The van der Waals surface area contributed by atoms with E-state index in [-0.39, 0.29) is 24.0 Å². The second-order valence-electron chi connectivity index (χ2n) is 28.9. The Balaban J connectivity index is 0.000000112. The van der Waals surface area contributed by atoms with Crippen LogP contribution in [-0.2, 0) is 27.7 Å². The maximum atomic E-state index is 14.5. The fourth-order valence-corrected chi connectivity index (χ4v) is 17.6. The van der Waals surface area contributed by atoms with E-state index in [0.29, 0.717) is 77.0 Å². The smallest absolute Gasteiger partial charge is 0.205 e. The molecule has 26 nitrogen and oxygen atoms in total. The van der Waals surface area contributed by atoms with E-state index in [0.717, 1.165) is 148 Å². The summed E-state index contributed by atoms with van der Waals surface area (Å²) in [6.07, 6.45) is 1.93. The number of hydrogen-bond donors (Lipinski definition) is 2. The van der Waals surface area contributed by atoms with Gasteiger partial charge in [-0.05, 0) is 98.2 Å². The maximum Gasteiger partial charge on any atom is 0.205 e. The molecule has 606 valence electrons. The second kappa shape index (κ2) is 36.3. The second-order valence-corrected chi connectivity index (χ2v) is 32.2. The molecule has 119 heavy (non-hydrogen) atoms. The molecule has 1 aliphatic carbocycles. The first-order valence-corrected chi connectivity index (χ1v) is 41.5. The van der Waals surface area contributed by atoms with Crippen molar-refractivity contribution in [1.82, 2.24) is 111 Å². The van der Waals surface area contributed by atoms with Crippen LogP contribution in [0.2, 0.25) is 15.1 Å². The Kier molecular flexibility index (Phi) is 25.4. The Bertz CT molecular complexity index is 6180. The fourth-order valence-electron chi connectivity index (χ4n) is 14.4. The Morgan fingerprint density at radius 3 is 1.40 bits per heavy atom. The number of aryl methyl sites for hydroxylation is 5. The molecule has 6 aromatic carbocycles. The van der Waals surface area contributed by atoms with E-state index in [1.807, 2.05) is 205 Å². The van der Waals surface area contributed by atoms with E-state index in [4.69, 9.17) is 46.4 Å². The lowest BCUT2D eigenvalue weighted by atomic mass is 10.0. The van der Waals surface area contributed by atoms with E-state index >= 15 is 0 Å². The first kappa shape index (κ1) is 83.1. The van der Waals surface area contributed by atoms with Gasteiger partial charge in [0.25, 0.3) is 0 Å². The monoisotopic (exact) mass is 1850 g/mol. The van der Waals surface area contributed by atoms with Crippen molar-refractivity contribution in [2.75, 3.05) is 53.9 Å². The van der Waals surface area contributed by atoms with E-state index < -0.39 is 0 Å². The molecule has 2 fully saturated rings. The van der Waals surface area contributed by atoms with Crippen LogP contribution in [0.3, 0.4) is 0 Å².